The molecule has 0 spiro atoms. The molecule has 1 aromatic carbocycles. The Kier molecular flexibility index (Phi) is 4.17. The quantitative estimate of drug-likeness (QED) is 0.764. The Labute approximate surface area is 120 Å². The lowest BCUT2D eigenvalue weighted by Gasteiger charge is -2.08. The monoisotopic (exact) mass is 290 g/mol. The van der Waals surface area contributed by atoms with E-state index in [4.69, 9.17) is 9.84 Å². The maximum atomic E-state index is 12.0. The summed E-state index contributed by atoms with van der Waals surface area (Å²) in [6.07, 6.45) is 0.614. The molecule has 1 aromatic heterocycles. The number of amides is 1. The Balaban J connectivity index is 2.26. The van der Waals surface area contributed by atoms with Gasteiger partial charge in [0.15, 0.2) is 0 Å². The average Bonchev–Trinajstić information content (AvgIpc) is 2.96. The van der Waals surface area contributed by atoms with Crippen LogP contribution in [0.25, 0.3) is 0 Å². The zero-order valence-corrected chi connectivity index (χ0v) is 11.5. The first-order valence-corrected chi connectivity index (χ1v) is 6.19. The summed E-state index contributed by atoms with van der Waals surface area (Å²) in [4.78, 5) is 27.2. The van der Waals surface area contributed by atoms with Crippen LogP contribution < -0.4 is 10.1 Å². The molecule has 0 aliphatic carbocycles. The SMILES string of the molecule is CCc1nc(C(=O)Nc2ccc(OC)cc2C(=O)O)n[nH]1. The number of carbonyl (C=O) groups excluding carboxylic acids is 1. The van der Waals surface area contributed by atoms with Gasteiger partial charge in [-0.2, -0.15) is 0 Å². The van der Waals surface area contributed by atoms with Crippen molar-refractivity contribution in [1.29, 1.82) is 0 Å². The van der Waals surface area contributed by atoms with Gasteiger partial charge in [-0.25, -0.2) is 9.78 Å². The van der Waals surface area contributed by atoms with Crippen LogP contribution in [0.5, 0.6) is 5.75 Å². The Morgan fingerprint density at radius 2 is 2.19 bits per heavy atom. The third kappa shape index (κ3) is 3.16. The fourth-order valence-electron chi connectivity index (χ4n) is 1.67. The highest BCUT2D eigenvalue weighted by atomic mass is 16.5. The van der Waals surface area contributed by atoms with Crippen LogP contribution in [-0.2, 0) is 6.42 Å². The number of ether oxygens (including phenoxy) is 1. The molecular weight excluding hydrogens is 276 g/mol. The molecule has 3 N–H and O–H groups in total. The van der Waals surface area contributed by atoms with E-state index >= 15 is 0 Å². The Hall–Kier alpha value is -2.90. The first kappa shape index (κ1) is 14.5. The van der Waals surface area contributed by atoms with Gasteiger partial charge in [0.25, 0.3) is 5.91 Å². The van der Waals surface area contributed by atoms with Crippen LogP contribution >= 0.6 is 0 Å². The van der Waals surface area contributed by atoms with Crippen LogP contribution in [0.4, 0.5) is 5.69 Å². The van der Waals surface area contributed by atoms with E-state index in [1.807, 2.05) is 6.92 Å². The minimum atomic E-state index is -1.17. The topological polar surface area (TPSA) is 117 Å². The van der Waals surface area contributed by atoms with Gasteiger partial charge in [-0.1, -0.05) is 6.92 Å². The largest absolute Gasteiger partial charge is 0.497 e. The van der Waals surface area contributed by atoms with Gasteiger partial charge in [0.2, 0.25) is 5.82 Å². The Bertz CT molecular complexity index is 681. The normalized spacial score (nSPS) is 10.2. The number of H-pyrrole nitrogens is 1. The molecule has 0 radical (unpaired) electrons. The second kappa shape index (κ2) is 6.04. The molecule has 1 amide bonds. The van der Waals surface area contributed by atoms with Gasteiger partial charge in [0, 0.05) is 6.42 Å². The molecule has 0 saturated heterocycles. The third-order valence-electron chi connectivity index (χ3n) is 2.78. The Morgan fingerprint density at radius 1 is 1.43 bits per heavy atom. The number of carboxylic acids is 1. The van der Waals surface area contributed by atoms with Crippen molar-refractivity contribution >= 4 is 17.6 Å². The number of aromatic amines is 1. The molecule has 2 rings (SSSR count). The number of rotatable bonds is 5. The van der Waals surface area contributed by atoms with E-state index in [9.17, 15) is 9.59 Å². The number of anilines is 1. The molecule has 0 aliphatic rings. The number of hydrogen-bond donors (Lipinski definition) is 3. The van der Waals surface area contributed by atoms with Crippen molar-refractivity contribution in [3.8, 4) is 5.75 Å². The second-order valence-corrected chi connectivity index (χ2v) is 4.13. The molecule has 0 aliphatic heterocycles. The number of hydrogen-bond acceptors (Lipinski definition) is 5. The minimum absolute atomic E-state index is 0.0426. The van der Waals surface area contributed by atoms with Crippen molar-refractivity contribution in [2.45, 2.75) is 13.3 Å². The van der Waals surface area contributed by atoms with Crippen LogP contribution in [0.1, 0.15) is 33.7 Å². The minimum Gasteiger partial charge on any atom is -0.497 e. The number of nitrogens with zero attached hydrogens (tertiary/aromatic N) is 2. The van der Waals surface area contributed by atoms with E-state index in [0.29, 0.717) is 18.0 Å². The average molecular weight is 290 g/mol. The summed E-state index contributed by atoms with van der Waals surface area (Å²) >= 11 is 0. The van der Waals surface area contributed by atoms with E-state index in [-0.39, 0.29) is 17.1 Å². The first-order valence-electron chi connectivity index (χ1n) is 6.19. The summed E-state index contributed by atoms with van der Waals surface area (Å²) in [6, 6.07) is 4.33. The molecule has 0 bridgehead atoms. The lowest BCUT2D eigenvalue weighted by molar-refractivity contribution is 0.0697. The van der Waals surface area contributed by atoms with E-state index in [0.717, 1.165) is 0 Å². The van der Waals surface area contributed by atoms with Crippen molar-refractivity contribution in [3.05, 3.63) is 35.4 Å². The summed E-state index contributed by atoms with van der Waals surface area (Å²) in [6.45, 7) is 1.87. The molecule has 110 valence electrons. The fourth-order valence-corrected chi connectivity index (χ4v) is 1.67. The van der Waals surface area contributed by atoms with E-state index in [1.54, 1.807) is 6.07 Å². The van der Waals surface area contributed by atoms with Crippen molar-refractivity contribution in [1.82, 2.24) is 15.2 Å². The van der Waals surface area contributed by atoms with Gasteiger partial charge < -0.3 is 15.2 Å². The van der Waals surface area contributed by atoms with E-state index in [2.05, 4.69) is 20.5 Å². The van der Waals surface area contributed by atoms with E-state index in [1.165, 1.54) is 19.2 Å². The summed E-state index contributed by atoms with van der Waals surface area (Å²) in [5.74, 6) is -0.837. The van der Waals surface area contributed by atoms with Crippen molar-refractivity contribution in [2.24, 2.45) is 0 Å². The number of benzene rings is 1. The second-order valence-electron chi connectivity index (χ2n) is 4.13. The van der Waals surface area contributed by atoms with Crippen LogP contribution in [-0.4, -0.2) is 39.3 Å². The number of methoxy groups -OCH3 is 1. The molecule has 8 nitrogen and oxygen atoms in total. The lowest BCUT2D eigenvalue weighted by Crippen LogP contribution is -2.16. The molecule has 8 heteroatoms. The number of carbonyl (C=O) groups is 2. The molecule has 1 heterocycles. The highest BCUT2D eigenvalue weighted by Gasteiger charge is 2.17. The number of carboxylic acid groups (broad SMARTS) is 1. The molecule has 21 heavy (non-hydrogen) atoms. The van der Waals surface area contributed by atoms with Crippen LogP contribution in [0.2, 0.25) is 0 Å². The Morgan fingerprint density at radius 3 is 2.76 bits per heavy atom. The van der Waals surface area contributed by atoms with Crippen LogP contribution in [0.15, 0.2) is 18.2 Å². The zero-order chi connectivity index (χ0) is 15.4. The molecule has 0 saturated carbocycles. The number of aromatic carboxylic acids is 1. The van der Waals surface area contributed by atoms with Gasteiger partial charge in [0.1, 0.15) is 11.6 Å². The van der Waals surface area contributed by atoms with Crippen LogP contribution in [0.3, 0.4) is 0 Å². The van der Waals surface area contributed by atoms with Gasteiger partial charge in [-0.05, 0) is 18.2 Å². The molecule has 0 unspecified atom stereocenters. The highest BCUT2D eigenvalue weighted by Crippen LogP contribution is 2.22. The van der Waals surface area contributed by atoms with E-state index < -0.39 is 11.9 Å². The maximum absolute atomic E-state index is 12.0. The van der Waals surface area contributed by atoms with Crippen LogP contribution in [0, 0.1) is 0 Å². The van der Waals surface area contributed by atoms with Crippen molar-refractivity contribution in [3.63, 3.8) is 0 Å². The standard InChI is InChI=1S/C13H14N4O4/c1-3-10-15-11(17-16-10)12(18)14-9-5-4-7(21-2)6-8(9)13(19)20/h4-6H,3H2,1-2H3,(H,14,18)(H,19,20)(H,15,16,17). The molecule has 2 aromatic rings. The van der Waals surface area contributed by atoms with Gasteiger partial charge in [-0.3, -0.25) is 9.89 Å². The zero-order valence-electron chi connectivity index (χ0n) is 11.5. The number of aromatic nitrogens is 3. The smallest absolute Gasteiger partial charge is 0.337 e. The number of aryl methyl sites for hydroxylation is 1. The highest BCUT2D eigenvalue weighted by molar-refractivity contribution is 6.06. The summed E-state index contributed by atoms with van der Waals surface area (Å²) in [5, 5.41) is 18.0. The van der Waals surface area contributed by atoms with Crippen molar-refractivity contribution in [2.75, 3.05) is 12.4 Å². The molecular formula is C13H14N4O4. The predicted octanol–water partition coefficient (Wildman–Crippen LogP) is 1.33. The van der Waals surface area contributed by atoms with Gasteiger partial charge >= 0.3 is 5.97 Å². The van der Waals surface area contributed by atoms with Gasteiger partial charge in [0.05, 0.1) is 18.4 Å². The summed E-state index contributed by atoms with van der Waals surface area (Å²) in [5.41, 5.74) is 0.0742. The first-order chi connectivity index (χ1) is 10.0. The predicted molar refractivity (Wildman–Crippen MR) is 73.7 cm³/mol. The maximum Gasteiger partial charge on any atom is 0.337 e. The fraction of sp³-hybridized carbons (Fsp3) is 0.231. The summed E-state index contributed by atoms with van der Waals surface area (Å²) in [7, 11) is 1.43. The number of nitrogens with one attached hydrogen (secondary N) is 2. The van der Waals surface area contributed by atoms with Crippen molar-refractivity contribution < 1.29 is 19.4 Å². The van der Waals surface area contributed by atoms with Gasteiger partial charge in [-0.15, -0.1) is 5.10 Å². The molecule has 0 fully saturated rings. The molecule has 0 atom stereocenters. The lowest BCUT2D eigenvalue weighted by atomic mass is 10.1. The summed E-state index contributed by atoms with van der Waals surface area (Å²) < 4.78 is 4.96. The third-order valence-corrected chi connectivity index (χ3v) is 2.78.